The van der Waals surface area contributed by atoms with Gasteiger partial charge in [-0.1, -0.05) is 45.8 Å². The van der Waals surface area contributed by atoms with E-state index in [0.29, 0.717) is 5.95 Å². The molecule has 0 aliphatic rings. The van der Waals surface area contributed by atoms with Crippen LogP contribution >= 0.6 is 15.9 Å². The molecule has 0 radical (unpaired) electrons. The van der Waals surface area contributed by atoms with E-state index in [2.05, 4.69) is 73.8 Å². The van der Waals surface area contributed by atoms with Crippen LogP contribution in [0.4, 0.5) is 17.5 Å². The van der Waals surface area contributed by atoms with Gasteiger partial charge in [-0.05, 0) is 49.2 Å². The second-order valence-corrected chi connectivity index (χ2v) is 6.61. The molecule has 1 heterocycles. The van der Waals surface area contributed by atoms with E-state index in [4.69, 9.17) is 0 Å². The van der Waals surface area contributed by atoms with Crippen LogP contribution in [0.3, 0.4) is 0 Å². The highest BCUT2D eigenvalue weighted by atomic mass is 79.9. The zero-order chi connectivity index (χ0) is 16.9. The van der Waals surface area contributed by atoms with Crippen LogP contribution in [0, 0.1) is 13.8 Å². The summed E-state index contributed by atoms with van der Waals surface area (Å²) in [7, 11) is 0. The third-order valence-corrected chi connectivity index (χ3v) is 4.14. The monoisotopic (exact) mass is 382 g/mol. The van der Waals surface area contributed by atoms with E-state index in [1.165, 1.54) is 11.1 Å². The molecule has 2 aromatic carbocycles. The molecule has 3 aromatic rings. The highest BCUT2D eigenvalue weighted by Crippen LogP contribution is 2.22. The molecule has 0 spiro atoms. The molecule has 122 valence electrons. The molecule has 4 nitrogen and oxygen atoms in total. The fourth-order valence-corrected chi connectivity index (χ4v) is 2.90. The smallest absolute Gasteiger partial charge is 0.229 e. The van der Waals surface area contributed by atoms with Crippen molar-refractivity contribution >= 4 is 33.4 Å². The Labute approximate surface area is 150 Å². The van der Waals surface area contributed by atoms with Gasteiger partial charge in [0.25, 0.3) is 0 Å². The van der Waals surface area contributed by atoms with E-state index in [9.17, 15) is 0 Å². The Hall–Kier alpha value is -2.40. The van der Waals surface area contributed by atoms with Gasteiger partial charge < -0.3 is 10.6 Å². The van der Waals surface area contributed by atoms with Crippen molar-refractivity contribution in [2.45, 2.75) is 20.4 Å². The molecule has 5 heteroatoms. The van der Waals surface area contributed by atoms with Gasteiger partial charge in [0.1, 0.15) is 5.82 Å². The van der Waals surface area contributed by atoms with Crippen molar-refractivity contribution in [3.8, 4) is 0 Å². The lowest BCUT2D eigenvalue weighted by Gasteiger charge is -2.10. The zero-order valence-corrected chi connectivity index (χ0v) is 15.3. The molecule has 0 fully saturated rings. The highest BCUT2D eigenvalue weighted by molar-refractivity contribution is 9.10. The first-order valence-electron chi connectivity index (χ1n) is 7.76. The topological polar surface area (TPSA) is 49.8 Å². The summed E-state index contributed by atoms with van der Waals surface area (Å²) in [6.45, 7) is 4.87. The van der Waals surface area contributed by atoms with E-state index in [0.717, 1.165) is 28.1 Å². The van der Waals surface area contributed by atoms with Gasteiger partial charge >= 0.3 is 0 Å². The summed E-state index contributed by atoms with van der Waals surface area (Å²) in [6.07, 6.45) is 1.75. The standard InChI is InChI=1S/C19H19BrN4/c1-13-4-3-5-15(10-13)12-22-18-8-9-21-19(24-18)23-17-7-6-16(20)11-14(17)2/h3-11H,12H2,1-2H3,(H2,21,22,23,24). The maximum absolute atomic E-state index is 4.52. The quantitative estimate of drug-likeness (QED) is 0.635. The number of nitrogens with zero attached hydrogens (tertiary/aromatic N) is 2. The van der Waals surface area contributed by atoms with E-state index in [1.54, 1.807) is 6.20 Å². The molecule has 0 unspecified atom stereocenters. The molecular formula is C19H19BrN4. The van der Waals surface area contributed by atoms with Crippen LogP contribution in [-0.4, -0.2) is 9.97 Å². The number of hydrogen-bond acceptors (Lipinski definition) is 4. The number of rotatable bonds is 5. The number of aryl methyl sites for hydroxylation is 2. The molecular weight excluding hydrogens is 364 g/mol. The molecule has 2 N–H and O–H groups in total. The summed E-state index contributed by atoms with van der Waals surface area (Å²) in [5, 5.41) is 6.60. The van der Waals surface area contributed by atoms with Gasteiger partial charge in [0, 0.05) is 22.9 Å². The highest BCUT2D eigenvalue weighted by Gasteiger charge is 2.03. The normalized spacial score (nSPS) is 10.5. The van der Waals surface area contributed by atoms with E-state index < -0.39 is 0 Å². The lowest BCUT2D eigenvalue weighted by Crippen LogP contribution is -2.04. The summed E-state index contributed by atoms with van der Waals surface area (Å²) >= 11 is 3.47. The predicted molar refractivity (Wildman–Crippen MR) is 103 cm³/mol. The molecule has 1 aromatic heterocycles. The van der Waals surface area contributed by atoms with Crippen molar-refractivity contribution in [1.29, 1.82) is 0 Å². The van der Waals surface area contributed by atoms with Crippen molar-refractivity contribution in [2.75, 3.05) is 10.6 Å². The molecule has 0 amide bonds. The SMILES string of the molecule is Cc1cccc(CNc2ccnc(Nc3ccc(Br)cc3C)n2)c1. The van der Waals surface area contributed by atoms with Crippen LogP contribution in [0.1, 0.15) is 16.7 Å². The van der Waals surface area contributed by atoms with E-state index in [1.807, 2.05) is 25.1 Å². The van der Waals surface area contributed by atoms with Crippen molar-refractivity contribution < 1.29 is 0 Å². The van der Waals surface area contributed by atoms with Crippen molar-refractivity contribution in [1.82, 2.24) is 9.97 Å². The molecule has 0 saturated heterocycles. The predicted octanol–water partition coefficient (Wildman–Crippen LogP) is 5.21. The average Bonchev–Trinajstić information content (AvgIpc) is 2.56. The van der Waals surface area contributed by atoms with Crippen molar-refractivity contribution in [2.24, 2.45) is 0 Å². The minimum absolute atomic E-state index is 0.578. The van der Waals surface area contributed by atoms with Crippen LogP contribution in [0.15, 0.2) is 59.2 Å². The fraction of sp³-hybridized carbons (Fsp3) is 0.158. The molecule has 0 atom stereocenters. The summed E-state index contributed by atoms with van der Waals surface area (Å²) in [5.41, 5.74) is 4.61. The Balaban J connectivity index is 1.69. The van der Waals surface area contributed by atoms with Crippen LogP contribution in [0.25, 0.3) is 0 Å². The zero-order valence-electron chi connectivity index (χ0n) is 13.7. The summed E-state index contributed by atoms with van der Waals surface area (Å²) in [5.74, 6) is 1.37. The third-order valence-electron chi connectivity index (χ3n) is 3.65. The maximum Gasteiger partial charge on any atom is 0.229 e. The first-order chi connectivity index (χ1) is 11.6. The minimum Gasteiger partial charge on any atom is -0.366 e. The van der Waals surface area contributed by atoms with Crippen LogP contribution in [-0.2, 0) is 6.54 Å². The number of nitrogens with one attached hydrogen (secondary N) is 2. The van der Waals surface area contributed by atoms with Crippen LogP contribution < -0.4 is 10.6 Å². The van der Waals surface area contributed by atoms with Gasteiger partial charge in [0.05, 0.1) is 0 Å². The molecule has 0 aliphatic heterocycles. The Bertz CT molecular complexity index is 848. The van der Waals surface area contributed by atoms with E-state index in [-0.39, 0.29) is 0 Å². The molecule has 3 rings (SSSR count). The molecule has 0 aliphatic carbocycles. The first-order valence-corrected chi connectivity index (χ1v) is 8.55. The number of aromatic nitrogens is 2. The maximum atomic E-state index is 4.52. The van der Waals surface area contributed by atoms with Crippen molar-refractivity contribution in [3.05, 3.63) is 75.9 Å². The summed E-state index contributed by atoms with van der Waals surface area (Å²) in [4.78, 5) is 8.82. The second-order valence-electron chi connectivity index (χ2n) is 5.69. The van der Waals surface area contributed by atoms with Gasteiger partial charge in [-0.25, -0.2) is 4.98 Å². The number of benzene rings is 2. The Morgan fingerprint density at radius 1 is 1.04 bits per heavy atom. The van der Waals surface area contributed by atoms with E-state index >= 15 is 0 Å². The first kappa shape index (κ1) is 16.5. The lowest BCUT2D eigenvalue weighted by atomic mass is 10.1. The van der Waals surface area contributed by atoms with Gasteiger partial charge in [0.2, 0.25) is 5.95 Å². The average molecular weight is 383 g/mol. The van der Waals surface area contributed by atoms with Gasteiger partial charge in [-0.2, -0.15) is 4.98 Å². The Kier molecular flexibility index (Phi) is 5.11. The molecule has 0 bridgehead atoms. The number of halogens is 1. The molecule has 24 heavy (non-hydrogen) atoms. The van der Waals surface area contributed by atoms with Gasteiger partial charge in [-0.3, -0.25) is 0 Å². The third kappa shape index (κ3) is 4.32. The molecule has 0 saturated carbocycles. The van der Waals surface area contributed by atoms with Gasteiger partial charge in [-0.15, -0.1) is 0 Å². The second kappa shape index (κ2) is 7.45. The Morgan fingerprint density at radius 2 is 1.92 bits per heavy atom. The lowest BCUT2D eigenvalue weighted by molar-refractivity contribution is 1.08. The number of hydrogen-bond donors (Lipinski definition) is 2. The van der Waals surface area contributed by atoms with Crippen molar-refractivity contribution in [3.63, 3.8) is 0 Å². The van der Waals surface area contributed by atoms with Crippen LogP contribution in [0.2, 0.25) is 0 Å². The fourth-order valence-electron chi connectivity index (χ4n) is 2.42. The Morgan fingerprint density at radius 3 is 2.71 bits per heavy atom. The van der Waals surface area contributed by atoms with Gasteiger partial charge in [0.15, 0.2) is 0 Å². The largest absolute Gasteiger partial charge is 0.366 e. The minimum atomic E-state index is 0.578. The number of anilines is 3. The summed E-state index contributed by atoms with van der Waals surface area (Å²) in [6, 6.07) is 16.4. The summed E-state index contributed by atoms with van der Waals surface area (Å²) < 4.78 is 1.06. The van der Waals surface area contributed by atoms with Crippen LogP contribution in [0.5, 0.6) is 0 Å².